The van der Waals surface area contributed by atoms with Crippen LogP contribution in [0.1, 0.15) is 24.8 Å². The molecule has 0 unspecified atom stereocenters. The Balaban J connectivity index is 1.70. The highest BCUT2D eigenvalue weighted by molar-refractivity contribution is 5.80. The maximum Gasteiger partial charge on any atom is 0.308 e. The zero-order valence-corrected chi connectivity index (χ0v) is 14.1. The predicted molar refractivity (Wildman–Crippen MR) is 92.3 cm³/mol. The van der Waals surface area contributed by atoms with E-state index in [1.165, 1.54) is 10.9 Å². The van der Waals surface area contributed by atoms with E-state index in [0.717, 1.165) is 5.56 Å². The smallest absolute Gasteiger partial charge is 0.308 e. The van der Waals surface area contributed by atoms with Crippen LogP contribution < -0.4 is 5.56 Å². The maximum absolute atomic E-state index is 12.5. The Morgan fingerprint density at radius 3 is 2.92 bits per heavy atom. The van der Waals surface area contributed by atoms with Crippen LogP contribution in [0.25, 0.3) is 10.9 Å². The molecule has 132 valence electrons. The fourth-order valence-electron chi connectivity index (χ4n) is 3.28. The predicted octanol–water partition coefficient (Wildman–Crippen LogP) is 1.42. The Kier molecular flexibility index (Phi) is 4.83. The number of aryl methyl sites for hydroxylation is 2. The third-order valence-electron chi connectivity index (χ3n) is 4.75. The molecule has 1 aliphatic heterocycles. The van der Waals surface area contributed by atoms with Crippen LogP contribution in [0.15, 0.2) is 29.3 Å². The van der Waals surface area contributed by atoms with Crippen molar-refractivity contribution in [3.05, 3.63) is 40.4 Å². The average Bonchev–Trinajstić information content (AvgIpc) is 2.61. The van der Waals surface area contributed by atoms with E-state index < -0.39 is 11.9 Å². The summed E-state index contributed by atoms with van der Waals surface area (Å²) in [5.41, 5.74) is 1.45. The minimum atomic E-state index is -0.859. The number of rotatable bonds is 4. The summed E-state index contributed by atoms with van der Waals surface area (Å²) in [4.78, 5) is 41.9. The number of nitrogens with zero attached hydrogens (tertiary/aromatic N) is 3. The van der Waals surface area contributed by atoms with E-state index in [1.807, 2.05) is 19.1 Å². The third kappa shape index (κ3) is 3.55. The molecule has 1 saturated heterocycles. The van der Waals surface area contributed by atoms with E-state index in [2.05, 4.69) is 4.98 Å². The molecule has 25 heavy (non-hydrogen) atoms. The molecule has 1 amide bonds. The highest BCUT2D eigenvalue weighted by atomic mass is 16.4. The Morgan fingerprint density at radius 2 is 2.16 bits per heavy atom. The molecule has 0 spiro atoms. The van der Waals surface area contributed by atoms with E-state index in [0.29, 0.717) is 30.3 Å². The number of para-hydroxylation sites is 1. The molecule has 1 atom stereocenters. The van der Waals surface area contributed by atoms with Crippen LogP contribution in [0.2, 0.25) is 0 Å². The van der Waals surface area contributed by atoms with E-state index >= 15 is 0 Å². The molecule has 1 aliphatic rings. The summed E-state index contributed by atoms with van der Waals surface area (Å²) in [6.45, 7) is 2.96. The second-order valence-corrected chi connectivity index (χ2v) is 6.48. The number of fused-ring (bicyclic) bond motifs is 1. The van der Waals surface area contributed by atoms with Crippen LogP contribution in [0.3, 0.4) is 0 Å². The second kappa shape index (κ2) is 7.04. The van der Waals surface area contributed by atoms with Crippen LogP contribution in [0.5, 0.6) is 0 Å². The number of likely N-dealkylation sites (tertiary alicyclic amines) is 1. The number of carboxylic acid groups (broad SMARTS) is 1. The molecule has 1 aromatic carbocycles. The first-order chi connectivity index (χ1) is 12.0. The Bertz CT molecular complexity index is 874. The molecule has 7 heteroatoms. The fraction of sp³-hybridized carbons (Fsp3) is 0.444. The van der Waals surface area contributed by atoms with Gasteiger partial charge in [0, 0.05) is 26.1 Å². The second-order valence-electron chi connectivity index (χ2n) is 6.48. The van der Waals surface area contributed by atoms with E-state index in [4.69, 9.17) is 5.11 Å². The lowest BCUT2D eigenvalue weighted by molar-refractivity contribution is -0.145. The van der Waals surface area contributed by atoms with Crippen molar-refractivity contribution in [3.8, 4) is 0 Å². The molecule has 3 rings (SSSR count). The van der Waals surface area contributed by atoms with Crippen molar-refractivity contribution in [2.45, 2.75) is 32.7 Å². The number of hydrogen-bond donors (Lipinski definition) is 1. The number of carboxylic acids is 1. The van der Waals surface area contributed by atoms with Crippen LogP contribution >= 0.6 is 0 Å². The molecule has 0 radical (unpaired) electrons. The Labute approximate surface area is 144 Å². The standard InChI is InChI=1S/C18H21N3O4/c1-12-4-2-6-14-16(12)19-11-21(17(14)23)9-7-15(22)20-8-3-5-13(10-20)18(24)25/h2,4,6,11,13H,3,5,7-10H2,1H3,(H,24,25)/t13-/m0/s1. The monoisotopic (exact) mass is 343 g/mol. The van der Waals surface area contributed by atoms with Crippen LogP contribution in [0.4, 0.5) is 0 Å². The van der Waals surface area contributed by atoms with Gasteiger partial charge in [0.1, 0.15) is 0 Å². The van der Waals surface area contributed by atoms with Crippen LogP contribution in [-0.4, -0.2) is 44.5 Å². The summed E-state index contributed by atoms with van der Waals surface area (Å²) >= 11 is 0. The van der Waals surface area contributed by atoms with Crippen molar-refractivity contribution in [2.24, 2.45) is 5.92 Å². The van der Waals surface area contributed by atoms with Gasteiger partial charge in [-0.05, 0) is 31.4 Å². The lowest BCUT2D eigenvalue weighted by atomic mass is 9.98. The molecular weight excluding hydrogens is 322 g/mol. The van der Waals surface area contributed by atoms with Gasteiger partial charge in [0.05, 0.1) is 23.1 Å². The molecule has 2 aromatic rings. The number of aromatic nitrogens is 2. The number of piperidine rings is 1. The Hall–Kier alpha value is -2.70. The normalized spacial score (nSPS) is 17.6. The fourth-order valence-corrected chi connectivity index (χ4v) is 3.28. The van der Waals surface area contributed by atoms with Crippen molar-refractivity contribution in [1.82, 2.24) is 14.5 Å². The van der Waals surface area contributed by atoms with Crippen molar-refractivity contribution >= 4 is 22.8 Å². The lowest BCUT2D eigenvalue weighted by Gasteiger charge is -2.30. The van der Waals surface area contributed by atoms with Gasteiger partial charge in [-0.25, -0.2) is 4.98 Å². The maximum atomic E-state index is 12.5. The SMILES string of the molecule is Cc1cccc2c(=O)n(CCC(=O)N3CCC[C@H](C(=O)O)C3)cnc12. The van der Waals surface area contributed by atoms with Gasteiger partial charge in [-0.1, -0.05) is 12.1 Å². The van der Waals surface area contributed by atoms with Crippen molar-refractivity contribution in [2.75, 3.05) is 13.1 Å². The van der Waals surface area contributed by atoms with Crippen LogP contribution in [-0.2, 0) is 16.1 Å². The van der Waals surface area contributed by atoms with Gasteiger partial charge in [0.15, 0.2) is 0 Å². The largest absolute Gasteiger partial charge is 0.481 e. The molecule has 1 N–H and O–H groups in total. The van der Waals surface area contributed by atoms with Gasteiger partial charge in [-0.2, -0.15) is 0 Å². The quantitative estimate of drug-likeness (QED) is 0.906. The number of carbonyl (C=O) groups excluding carboxylic acids is 1. The van der Waals surface area contributed by atoms with Gasteiger partial charge >= 0.3 is 5.97 Å². The van der Waals surface area contributed by atoms with Crippen molar-refractivity contribution < 1.29 is 14.7 Å². The van der Waals surface area contributed by atoms with Gasteiger partial charge in [0.2, 0.25) is 5.91 Å². The number of amides is 1. The van der Waals surface area contributed by atoms with E-state index in [9.17, 15) is 14.4 Å². The first-order valence-corrected chi connectivity index (χ1v) is 8.42. The summed E-state index contributed by atoms with van der Waals surface area (Å²) < 4.78 is 1.44. The minimum absolute atomic E-state index is 0.123. The zero-order valence-electron chi connectivity index (χ0n) is 14.1. The molecule has 7 nitrogen and oxygen atoms in total. The summed E-state index contributed by atoms with van der Waals surface area (Å²) in [6, 6.07) is 5.45. The zero-order chi connectivity index (χ0) is 18.0. The number of benzene rings is 1. The molecule has 2 heterocycles. The number of carbonyl (C=O) groups is 2. The molecule has 0 aliphatic carbocycles. The van der Waals surface area contributed by atoms with E-state index in [1.54, 1.807) is 11.0 Å². The van der Waals surface area contributed by atoms with E-state index in [-0.39, 0.29) is 31.0 Å². The van der Waals surface area contributed by atoms with Gasteiger partial charge < -0.3 is 10.0 Å². The molecule has 0 saturated carbocycles. The molecule has 1 aromatic heterocycles. The summed E-state index contributed by atoms with van der Waals surface area (Å²) in [7, 11) is 0. The summed E-state index contributed by atoms with van der Waals surface area (Å²) in [6.07, 6.45) is 2.93. The van der Waals surface area contributed by atoms with Crippen molar-refractivity contribution in [3.63, 3.8) is 0 Å². The first kappa shape index (κ1) is 17.1. The number of aliphatic carboxylic acids is 1. The first-order valence-electron chi connectivity index (χ1n) is 8.42. The summed E-state index contributed by atoms with van der Waals surface area (Å²) in [5, 5.41) is 9.65. The van der Waals surface area contributed by atoms with Gasteiger partial charge in [-0.3, -0.25) is 19.0 Å². The topological polar surface area (TPSA) is 92.5 Å². The average molecular weight is 343 g/mol. The highest BCUT2D eigenvalue weighted by Gasteiger charge is 2.27. The third-order valence-corrected chi connectivity index (χ3v) is 4.75. The molecular formula is C18H21N3O4. The van der Waals surface area contributed by atoms with Crippen molar-refractivity contribution in [1.29, 1.82) is 0 Å². The van der Waals surface area contributed by atoms with Crippen LogP contribution in [0, 0.1) is 12.8 Å². The Morgan fingerprint density at radius 1 is 1.36 bits per heavy atom. The molecule has 0 bridgehead atoms. The lowest BCUT2D eigenvalue weighted by Crippen LogP contribution is -2.42. The molecule has 1 fully saturated rings. The van der Waals surface area contributed by atoms with Gasteiger partial charge in [0.25, 0.3) is 5.56 Å². The highest BCUT2D eigenvalue weighted by Crippen LogP contribution is 2.17. The number of hydrogen-bond acceptors (Lipinski definition) is 4. The summed E-state index contributed by atoms with van der Waals surface area (Å²) in [5.74, 6) is -1.48. The van der Waals surface area contributed by atoms with Gasteiger partial charge in [-0.15, -0.1) is 0 Å². The minimum Gasteiger partial charge on any atom is -0.481 e.